The Bertz CT molecular complexity index is 668. The fraction of sp³-hybridized carbons (Fsp3) is 0.611. The van der Waals surface area contributed by atoms with Crippen molar-refractivity contribution in [3.05, 3.63) is 23.9 Å². The topological polar surface area (TPSA) is 72.3 Å². The van der Waals surface area contributed by atoms with Gasteiger partial charge in [-0.05, 0) is 49.9 Å². The summed E-state index contributed by atoms with van der Waals surface area (Å²) in [7, 11) is 0. The molecule has 6 heteroatoms. The molecule has 24 heavy (non-hydrogen) atoms. The maximum Gasteiger partial charge on any atom is 0.226 e. The lowest BCUT2D eigenvalue weighted by Gasteiger charge is -2.36. The molecule has 3 fully saturated rings. The van der Waals surface area contributed by atoms with Crippen LogP contribution in [0.1, 0.15) is 24.8 Å². The molecule has 0 bridgehead atoms. The Morgan fingerprint density at radius 1 is 1.29 bits per heavy atom. The first kappa shape index (κ1) is 15.4. The smallest absolute Gasteiger partial charge is 0.226 e. The number of nitriles is 1. The van der Waals surface area contributed by atoms with Crippen LogP contribution >= 0.6 is 0 Å². The molecule has 1 spiro atoms. The van der Waals surface area contributed by atoms with Crippen molar-refractivity contribution in [1.82, 2.24) is 15.2 Å². The zero-order chi connectivity index (χ0) is 16.6. The summed E-state index contributed by atoms with van der Waals surface area (Å²) in [5.41, 5.74) is 0.937. The van der Waals surface area contributed by atoms with E-state index in [0.29, 0.717) is 16.9 Å². The largest absolute Gasteiger partial charge is 0.353 e. The molecule has 1 N–H and O–H groups in total. The Labute approximate surface area is 142 Å². The first-order valence-corrected chi connectivity index (χ1v) is 8.82. The summed E-state index contributed by atoms with van der Waals surface area (Å²) in [5.74, 6) is 1.45. The van der Waals surface area contributed by atoms with Crippen LogP contribution in [0.25, 0.3) is 0 Å². The second kappa shape index (κ2) is 6.06. The predicted molar refractivity (Wildman–Crippen MR) is 90.4 cm³/mol. The molecule has 0 radical (unpaired) electrons. The van der Waals surface area contributed by atoms with Crippen LogP contribution in [0, 0.1) is 22.7 Å². The molecule has 2 saturated heterocycles. The SMILES string of the molecule is N#Cc1ccnc(N2CCN(C(=O)C3CC34CCNCC4)CC2)c1. The number of rotatable bonds is 2. The van der Waals surface area contributed by atoms with E-state index in [4.69, 9.17) is 5.26 Å². The number of nitrogens with one attached hydrogen (secondary N) is 1. The number of carbonyl (C=O) groups is 1. The monoisotopic (exact) mass is 325 g/mol. The lowest BCUT2D eigenvalue weighted by Crippen LogP contribution is -2.50. The summed E-state index contributed by atoms with van der Waals surface area (Å²) in [6, 6.07) is 5.69. The van der Waals surface area contributed by atoms with Crippen molar-refractivity contribution in [2.45, 2.75) is 19.3 Å². The van der Waals surface area contributed by atoms with Gasteiger partial charge in [0, 0.05) is 38.3 Å². The third-order valence-electron chi connectivity index (χ3n) is 5.88. The second-order valence-corrected chi connectivity index (χ2v) is 7.20. The van der Waals surface area contributed by atoms with E-state index in [2.05, 4.69) is 21.3 Å². The number of hydrogen-bond acceptors (Lipinski definition) is 5. The average molecular weight is 325 g/mol. The lowest BCUT2D eigenvalue weighted by atomic mass is 9.91. The average Bonchev–Trinajstić information content (AvgIpc) is 3.34. The first-order chi connectivity index (χ1) is 11.7. The van der Waals surface area contributed by atoms with Crippen molar-refractivity contribution >= 4 is 11.7 Å². The van der Waals surface area contributed by atoms with Crippen LogP contribution in [0.15, 0.2) is 18.3 Å². The van der Waals surface area contributed by atoms with Crippen molar-refractivity contribution in [2.24, 2.45) is 11.3 Å². The number of pyridine rings is 1. The number of piperidine rings is 1. The van der Waals surface area contributed by atoms with Gasteiger partial charge in [0.05, 0.1) is 11.6 Å². The van der Waals surface area contributed by atoms with Crippen molar-refractivity contribution in [3.63, 3.8) is 0 Å². The summed E-state index contributed by atoms with van der Waals surface area (Å²) in [6.45, 7) is 5.19. The minimum atomic E-state index is 0.256. The fourth-order valence-corrected chi connectivity index (χ4v) is 4.21. The first-order valence-electron chi connectivity index (χ1n) is 8.82. The van der Waals surface area contributed by atoms with Gasteiger partial charge in [0.25, 0.3) is 0 Å². The van der Waals surface area contributed by atoms with E-state index in [0.717, 1.165) is 64.3 Å². The van der Waals surface area contributed by atoms with Crippen LogP contribution in [-0.4, -0.2) is 55.1 Å². The van der Waals surface area contributed by atoms with E-state index < -0.39 is 0 Å². The molecule has 1 unspecified atom stereocenters. The molecule has 126 valence electrons. The van der Waals surface area contributed by atoms with Crippen LogP contribution in [0.3, 0.4) is 0 Å². The Hall–Kier alpha value is -2.13. The van der Waals surface area contributed by atoms with Gasteiger partial charge in [-0.3, -0.25) is 4.79 Å². The van der Waals surface area contributed by atoms with Crippen molar-refractivity contribution in [1.29, 1.82) is 5.26 Å². The lowest BCUT2D eigenvalue weighted by molar-refractivity contribution is -0.133. The molecule has 2 aliphatic heterocycles. The number of hydrogen-bond donors (Lipinski definition) is 1. The summed E-state index contributed by atoms with van der Waals surface area (Å²) in [4.78, 5) is 21.4. The number of aromatic nitrogens is 1. The summed E-state index contributed by atoms with van der Waals surface area (Å²) < 4.78 is 0. The molecule has 1 atom stereocenters. The Balaban J connectivity index is 1.35. The van der Waals surface area contributed by atoms with Gasteiger partial charge in [-0.15, -0.1) is 0 Å². The highest BCUT2D eigenvalue weighted by atomic mass is 16.2. The third-order valence-corrected chi connectivity index (χ3v) is 5.88. The Morgan fingerprint density at radius 3 is 2.75 bits per heavy atom. The second-order valence-electron chi connectivity index (χ2n) is 7.20. The molecule has 1 saturated carbocycles. The maximum absolute atomic E-state index is 12.8. The molecule has 1 aromatic rings. The number of amides is 1. The van der Waals surface area contributed by atoms with Gasteiger partial charge in [0.1, 0.15) is 5.82 Å². The van der Waals surface area contributed by atoms with Gasteiger partial charge in [0.15, 0.2) is 0 Å². The van der Waals surface area contributed by atoms with Gasteiger partial charge in [-0.2, -0.15) is 5.26 Å². The zero-order valence-electron chi connectivity index (χ0n) is 13.9. The normalized spacial score (nSPS) is 25.4. The highest BCUT2D eigenvalue weighted by Gasteiger charge is 2.58. The predicted octanol–water partition coefficient (Wildman–Crippen LogP) is 0.992. The highest BCUT2D eigenvalue weighted by molar-refractivity contribution is 5.83. The number of carbonyl (C=O) groups excluding carboxylic acids is 1. The number of piperazine rings is 1. The van der Waals surface area contributed by atoms with Crippen molar-refractivity contribution in [2.75, 3.05) is 44.2 Å². The fourth-order valence-electron chi connectivity index (χ4n) is 4.21. The molecule has 1 aromatic heterocycles. The zero-order valence-corrected chi connectivity index (χ0v) is 13.9. The molecular formula is C18H23N5O. The Morgan fingerprint density at radius 2 is 2.04 bits per heavy atom. The summed E-state index contributed by atoms with van der Waals surface area (Å²) >= 11 is 0. The van der Waals surface area contributed by atoms with E-state index in [1.165, 1.54) is 0 Å². The highest BCUT2D eigenvalue weighted by Crippen LogP contribution is 2.59. The Kier molecular flexibility index (Phi) is 3.89. The third kappa shape index (κ3) is 2.73. The number of nitrogens with zero attached hydrogens (tertiary/aromatic N) is 4. The quantitative estimate of drug-likeness (QED) is 0.878. The van der Waals surface area contributed by atoms with E-state index >= 15 is 0 Å². The van der Waals surface area contributed by atoms with Crippen LogP contribution in [0.5, 0.6) is 0 Å². The maximum atomic E-state index is 12.8. The van der Waals surface area contributed by atoms with Gasteiger partial charge in [-0.1, -0.05) is 0 Å². The molecule has 4 rings (SSSR count). The van der Waals surface area contributed by atoms with E-state index in [9.17, 15) is 4.79 Å². The van der Waals surface area contributed by atoms with E-state index in [1.807, 2.05) is 11.0 Å². The molecule has 1 amide bonds. The number of anilines is 1. The minimum absolute atomic E-state index is 0.256. The molecule has 0 aromatic carbocycles. The van der Waals surface area contributed by atoms with Gasteiger partial charge in [-0.25, -0.2) is 4.98 Å². The van der Waals surface area contributed by atoms with Crippen LogP contribution in [0.4, 0.5) is 5.82 Å². The molecular weight excluding hydrogens is 302 g/mol. The summed E-state index contributed by atoms with van der Waals surface area (Å²) in [6.07, 6.45) is 5.05. The van der Waals surface area contributed by atoms with Crippen LogP contribution in [-0.2, 0) is 4.79 Å². The summed E-state index contributed by atoms with van der Waals surface area (Å²) in [5, 5.41) is 12.4. The van der Waals surface area contributed by atoms with Crippen molar-refractivity contribution < 1.29 is 4.79 Å². The van der Waals surface area contributed by atoms with Gasteiger partial charge in [0.2, 0.25) is 5.91 Å². The molecule has 6 nitrogen and oxygen atoms in total. The van der Waals surface area contributed by atoms with E-state index in [-0.39, 0.29) is 5.92 Å². The van der Waals surface area contributed by atoms with Gasteiger partial charge < -0.3 is 15.1 Å². The molecule has 1 aliphatic carbocycles. The van der Waals surface area contributed by atoms with Gasteiger partial charge >= 0.3 is 0 Å². The molecule has 3 heterocycles. The molecule has 3 aliphatic rings. The minimum Gasteiger partial charge on any atom is -0.353 e. The van der Waals surface area contributed by atoms with Crippen LogP contribution < -0.4 is 10.2 Å². The van der Waals surface area contributed by atoms with Crippen LogP contribution in [0.2, 0.25) is 0 Å². The van der Waals surface area contributed by atoms with E-state index in [1.54, 1.807) is 12.3 Å². The van der Waals surface area contributed by atoms with Crippen molar-refractivity contribution in [3.8, 4) is 6.07 Å². The standard InChI is InChI=1S/C18H23N5O/c19-13-14-1-4-21-16(11-14)22-7-9-23(10-8-22)17(24)15-12-18(15)2-5-20-6-3-18/h1,4,11,15,20H,2-3,5-10,12H2.